The number of rotatable bonds is 4. The lowest BCUT2D eigenvalue weighted by atomic mass is 9.83. The number of anilines is 2. The number of hydrogen-bond donors (Lipinski definition) is 3. The Labute approximate surface area is 120 Å². The summed E-state index contributed by atoms with van der Waals surface area (Å²) >= 11 is 0. The molecule has 0 atom stereocenters. The zero-order chi connectivity index (χ0) is 14.8. The van der Waals surface area contributed by atoms with Gasteiger partial charge in [-0.15, -0.1) is 0 Å². The van der Waals surface area contributed by atoms with E-state index in [9.17, 15) is 8.42 Å². The molecule has 112 valence electrons. The molecule has 0 spiro atoms. The summed E-state index contributed by atoms with van der Waals surface area (Å²) in [6.07, 6.45) is 4.95. The van der Waals surface area contributed by atoms with Gasteiger partial charge in [0.25, 0.3) is 0 Å². The molecule has 5 nitrogen and oxygen atoms in total. The molecule has 1 aliphatic carbocycles. The average Bonchev–Trinajstić information content (AvgIpc) is 2.38. The molecule has 0 heterocycles. The highest BCUT2D eigenvalue weighted by Crippen LogP contribution is 2.30. The Morgan fingerprint density at radius 3 is 2.50 bits per heavy atom. The molecule has 0 amide bonds. The summed E-state index contributed by atoms with van der Waals surface area (Å²) in [5.74, 6) is 1.45. The lowest BCUT2D eigenvalue weighted by Gasteiger charge is -2.26. The molecule has 1 aromatic carbocycles. The predicted molar refractivity (Wildman–Crippen MR) is 81.8 cm³/mol. The highest BCUT2D eigenvalue weighted by molar-refractivity contribution is 7.89. The fourth-order valence-corrected chi connectivity index (χ4v) is 3.42. The van der Waals surface area contributed by atoms with Crippen molar-refractivity contribution in [2.75, 3.05) is 17.6 Å². The number of hydrogen-bond acceptors (Lipinski definition) is 4. The van der Waals surface area contributed by atoms with Crippen molar-refractivity contribution in [1.29, 1.82) is 0 Å². The predicted octanol–water partition coefficient (Wildman–Crippen LogP) is 2.15. The average molecular weight is 297 g/mol. The van der Waals surface area contributed by atoms with Gasteiger partial charge in [-0.2, -0.15) is 0 Å². The quantitative estimate of drug-likeness (QED) is 0.742. The van der Waals surface area contributed by atoms with Crippen LogP contribution in [0.15, 0.2) is 23.1 Å². The van der Waals surface area contributed by atoms with Gasteiger partial charge in [0, 0.05) is 6.54 Å². The number of nitrogens with two attached hydrogens (primary N) is 2. The van der Waals surface area contributed by atoms with Crippen molar-refractivity contribution in [3.63, 3.8) is 0 Å². The lowest BCUT2D eigenvalue weighted by molar-refractivity contribution is 0.300. The van der Waals surface area contributed by atoms with E-state index in [2.05, 4.69) is 12.2 Å². The minimum absolute atomic E-state index is 0.0141. The van der Waals surface area contributed by atoms with Crippen molar-refractivity contribution in [3.05, 3.63) is 18.2 Å². The molecule has 0 saturated heterocycles. The molecule has 1 fully saturated rings. The van der Waals surface area contributed by atoms with Gasteiger partial charge in [-0.25, -0.2) is 13.6 Å². The maximum atomic E-state index is 11.4. The monoisotopic (exact) mass is 297 g/mol. The summed E-state index contributed by atoms with van der Waals surface area (Å²) in [6, 6.07) is 4.87. The number of primary sulfonamides is 1. The smallest absolute Gasteiger partial charge is 0.240 e. The fourth-order valence-electron chi connectivity index (χ4n) is 2.73. The van der Waals surface area contributed by atoms with E-state index >= 15 is 0 Å². The first kappa shape index (κ1) is 15.1. The van der Waals surface area contributed by atoms with Gasteiger partial charge in [0.05, 0.1) is 11.4 Å². The van der Waals surface area contributed by atoms with Crippen LogP contribution in [0.4, 0.5) is 11.4 Å². The van der Waals surface area contributed by atoms with Gasteiger partial charge in [-0.05, 0) is 36.8 Å². The van der Waals surface area contributed by atoms with E-state index < -0.39 is 10.0 Å². The van der Waals surface area contributed by atoms with Crippen LogP contribution in [-0.4, -0.2) is 15.0 Å². The summed E-state index contributed by atoms with van der Waals surface area (Å²) in [6.45, 7) is 3.11. The van der Waals surface area contributed by atoms with Gasteiger partial charge >= 0.3 is 0 Å². The Balaban J connectivity index is 2.03. The van der Waals surface area contributed by atoms with Crippen LogP contribution in [-0.2, 0) is 10.0 Å². The molecule has 2 rings (SSSR count). The molecule has 0 unspecified atom stereocenters. The van der Waals surface area contributed by atoms with E-state index in [1.165, 1.54) is 31.7 Å². The summed E-state index contributed by atoms with van der Waals surface area (Å²) in [5.41, 5.74) is 6.74. The number of nitrogen functional groups attached to an aromatic ring is 1. The molecule has 20 heavy (non-hydrogen) atoms. The van der Waals surface area contributed by atoms with Gasteiger partial charge in [0.2, 0.25) is 10.0 Å². The van der Waals surface area contributed by atoms with Gasteiger partial charge in [-0.1, -0.05) is 25.8 Å². The van der Waals surface area contributed by atoms with E-state index in [1.54, 1.807) is 12.1 Å². The number of sulfonamides is 1. The van der Waals surface area contributed by atoms with Crippen LogP contribution in [0.5, 0.6) is 0 Å². The van der Waals surface area contributed by atoms with Gasteiger partial charge < -0.3 is 11.1 Å². The molecule has 0 aromatic heterocycles. The van der Waals surface area contributed by atoms with Crippen LogP contribution in [0, 0.1) is 11.8 Å². The largest absolute Gasteiger partial charge is 0.396 e. The first-order valence-electron chi connectivity index (χ1n) is 7.03. The fraction of sp³-hybridized carbons (Fsp3) is 0.571. The second-order valence-corrected chi connectivity index (χ2v) is 7.30. The molecule has 6 heteroatoms. The normalized spacial score (nSPS) is 23.5. The van der Waals surface area contributed by atoms with Crippen LogP contribution >= 0.6 is 0 Å². The summed E-state index contributed by atoms with van der Waals surface area (Å²) in [7, 11) is -3.77. The van der Waals surface area contributed by atoms with Crippen LogP contribution in [0.3, 0.4) is 0 Å². The minimum atomic E-state index is -3.77. The highest BCUT2D eigenvalue weighted by atomic mass is 32.2. The van der Waals surface area contributed by atoms with Crippen molar-refractivity contribution in [2.45, 2.75) is 37.5 Å². The van der Waals surface area contributed by atoms with Gasteiger partial charge in [-0.3, -0.25) is 0 Å². The second kappa shape index (κ2) is 6.01. The molecule has 0 radical (unpaired) electrons. The maximum absolute atomic E-state index is 11.4. The van der Waals surface area contributed by atoms with Gasteiger partial charge in [0.15, 0.2) is 0 Å². The molecule has 5 N–H and O–H groups in total. The SMILES string of the molecule is CC1CCC(CNc2cccc(S(N)(=O)=O)c2N)CC1. The Morgan fingerprint density at radius 2 is 1.90 bits per heavy atom. The lowest BCUT2D eigenvalue weighted by Crippen LogP contribution is -2.21. The highest BCUT2D eigenvalue weighted by Gasteiger charge is 2.19. The van der Waals surface area contributed by atoms with E-state index in [0.717, 1.165) is 12.5 Å². The van der Waals surface area contributed by atoms with E-state index in [1.807, 2.05) is 0 Å². The van der Waals surface area contributed by atoms with E-state index in [-0.39, 0.29) is 10.6 Å². The molecular weight excluding hydrogens is 274 g/mol. The number of nitrogens with one attached hydrogen (secondary N) is 1. The van der Waals surface area contributed by atoms with Crippen molar-refractivity contribution >= 4 is 21.4 Å². The van der Waals surface area contributed by atoms with E-state index in [0.29, 0.717) is 11.6 Å². The van der Waals surface area contributed by atoms with Crippen LogP contribution < -0.4 is 16.2 Å². The van der Waals surface area contributed by atoms with Crippen molar-refractivity contribution in [2.24, 2.45) is 17.0 Å². The molecular formula is C14H23N3O2S. The van der Waals surface area contributed by atoms with Crippen LogP contribution in [0.25, 0.3) is 0 Å². The molecule has 0 aliphatic heterocycles. The zero-order valence-electron chi connectivity index (χ0n) is 11.8. The minimum Gasteiger partial charge on any atom is -0.396 e. The first-order valence-corrected chi connectivity index (χ1v) is 8.57. The number of para-hydroxylation sites is 1. The Kier molecular flexibility index (Phi) is 4.55. The topological polar surface area (TPSA) is 98.2 Å². The maximum Gasteiger partial charge on any atom is 0.240 e. The Morgan fingerprint density at radius 1 is 1.25 bits per heavy atom. The van der Waals surface area contributed by atoms with Crippen molar-refractivity contribution < 1.29 is 8.42 Å². The van der Waals surface area contributed by atoms with Crippen molar-refractivity contribution in [1.82, 2.24) is 0 Å². The second-order valence-electron chi connectivity index (χ2n) is 5.77. The third-order valence-corrected chi connectivity index (χ3v) is 5.06. The van der Waals surface area contributed by atoms with Gasteiger partial charge in [0.1, 0.15) is 4.90 Å². The third kappa shape index (κ3) is 3.64. The number of benzene rings is 1. The standard InChI is InChI=1S/C14H23N3O2S/c1-10-5-7-11(8-6-10)9-17-12-3-2-4-13(14(12)15)20(16,18)19/h2-4,10-11,17H,5-9,15H2,1H3,(H2,16,18,19). The third-order valence-electron chi connectivity index (χ3n) is 4.09. The summed E-state index contributed by atoms with van der Waals surface area (Å²) in [5, 5.41) is 8.41. The zero-order valence-corrected chi connectivity index (χ0v) is 12.6. The van der Waals surface area contributed by atoms with Crippen LogP contribution in [0.1, 0.15) is 32.6 Å². The first-order chi connectivity index (χ1) is 9.38. The van der Waals surface area contributed by atoms with Crippen molar-refractivity contribution in [3.8, 4) is 0 Å². The summed E-state index contributed by atoms with van der Waals surface area (Å²) < 4.78 is 22.8. The molecule has 1 aliphatic rings. The molecule has 1 saturated carbocycles. The molecule has 1 aromatic rings. The Hall–Kier alpha value is -1.27. The summed E-state index contributed by atoms with van der Waals surface area (Å²) in [4.78, 5) is -0.0141. The Bertz CT molecular complexity index is 564. The van der Waals surface area contributed by atoms with Crippen LogP contribution in [0.2, 0.25) is 0 Å². The molecule has 0 bridgehead atoms. The van der Waals surface area contributed by atoms with E-state index in [4.69, 9.17) is 10.9 Å².